The van der Waals surface area contributed by atoms with Gasteiger partial charge in [-0.2, -0.15) is 0 Å². The van der Waals surface area contributed by atoms with Crippen LogP contribution in [0.15, 0.2) is 69.0 Å². The number of hydrogen-bond donors (Lipinski definition) is 1. The van der Waals surface area contributed by atoms with Gasteiger partial charge in [-0.05, 0) is 42.3 Å². The summed E-state index contributed by atoms with van der Waals surface area (Å²) in [5.41, 5.74) is 3.74. The largest absolute Gasteiger partial charge is 0.508 e. The van der Waals surface area contributed by atoms with Gasteiger partial charge in [-0.3, -0.25) is 4.40 Å². The van der Waals surface area contributed by atoms with Crippen molar-refractivity contribution < 1.29 is 9.52 Å². The molecule has 0 aliphatic rings. The second kappa shape index (κ2) is 6.38. The Hall–Kier alpha value is -3.32. The van der Waals surface area contributed by atoms with Crippen molar-refractivity contribution >= 4 is 39.3 Å². The van der Waals surface area contributed by atoms with E-state index in [2.05, 4.69) is 29.3 Å². The molecular formula is C21H15N3O3S. The van der Waals surface area contributed by atoms with Gasteiger partial charge in [0.1, 0.15) is 11.3 Å². The summed E-state index contributed by atoms with van der Waals surface area (Å²) in [6.45, 7) is 2.06. The van der Waals surface area contributed by atoms with E-state index in [-0.39, 0.29) is 5.75 Å². The van der Waals surface area contributed by atoms with Crippen LogP contribution in [0.2, 0.25) is 0 Å². The molecule has 28 heavy (non-hydrogen) atoms. The van der Waals surface area contributed by atoms with Crippen LogP contribution in [0.5, 0.6) is 5.75 Å². The molecular weight excluding hydrogens is 374 g/mol. The lowest BCUT2D eigenvalue weighted by Crippen LogP contribution is -2.00. The first-order chi connectivity index (χ1) is 13.6. The Labute approximate surface area is 163 Å². The van der Waals surface area contributed by atoms with Gasteiger partial charge in [0.2, 0.25) is 0 Å². The fourth-order valence-corrected chi connectivity index (χ4v) is 4.39. The molecule has 0 radical (unpaired) electrons. The van der Waals surface area contributed by atoms with Crippen molar-refractivity contribution in [3.63, 3.8) is 0 Å². The number of phenolic OH excluding ortho intramolecular Hbond substituents is 1. The number of para-hydroxylation sites is 1. The van der Waals surface area contributed by atoms with Crippen LogP contribution < -0.4 is 5.63 Å². The van der Waals surface area contributed by atoms with Crippen LogP contribution in [0, 0.1) is 6.92 Å². The Morgan fingerprint density at radius 3 is 2.82 bits per heavy atom. The second-order valence-electron chi connectivity index (χ2n) is 6.58. The van der Waals surface area contributed by atoms with Gasteiger partial charge < -0.3 is 9.52 Å². The van der Waals surface area contributed by atoms with Crippen molar-refractivity contribution in [3.8, 4) is 5.75 Å². The van der Waals surface area contributed by atoms with Gasteiger partial charge >= 0.3 is 5.63 Å². The second-order valence-corrected chi connectivity index (χ2v) is 7.52. The van der Waals surface area contributed by atoms with Crippen LogP contribution in [0.3, 0.4) is 0 Å². The van der Waals surface area contributed by atoms with Crippen LogP contribution in [-0.2, 0) is 5.75 Å². The van der Waals surface area contributed by atoms with Crippen molar-refractivity contribution in [2.45, 2.75) is 17.8 Å². The van der Waals surface area contributed by atoms with E-state index in [1.54, 1.807) is 12.1 Å². The number of nitrogens with zero attached hydrogens (tertiary/aromatic N) is 3. The van der Waals surface area contributed by atoms with Gasteiger partial charge in [0, 0.05) is 28.7 Å². The van der Waals surface area contributed by atoms with Gasteiger partial charge in [-0.15, -0.1) is 10.2 Å². The highest BCUT2D eigenvalue weighted by Gasteiger charge is 2.13. The highest BCUT2D eigenvalue weighted by Crippen LogP contribution is 2.30. The zero-order chi connectivity index (χ0) is 19.3. The number of phenols is 1. The van der Waals surface area contributed by atoms with E-state index in [1.807, 2.05) is 22.6 Å². The average Bonchev–Trinajstić information content (AvgIpc) is 3.08. The van der Waals surface area contributed by atoms with E-state index in [0.29, 0.717) is 11.3 Å². The zero-order valence-electron chi connectivity index (χ0n) is 14.9. The topological polar surface area (TPSA) is 80.6 Å². The standard InChI is InChI=1S/C21H15N3O3S/c1-12-8-19-22-23-21(24(19)17-5-3-2-4-15(12)17)28-11-13-9-20(26)27-18-10-14(25)6-7-16(13)18/h2-10,25H,11H2,1H3. The minimum absolute atomic E-state index is 0.0609. The number of aromatic nitrogens is 3. The molecule has 0 atom stereocenters. The lowest BCUT2D eigenvalue weighted by Gasteiger charge is -2.08. The molecule has 2 aromatic carbocycles. The maximum absolute atomic E-state index is 11.9. The fourth-order valence-electron chi connectivity index (χ4n) is 3.45. The van der Waals surface area contributed by atoms with Gasteiger partial charge in [-0.25, -0.2) is 4.79 Å². The molecule has 3 aromatic heterocycles. The smallest absolute Gasteiger partial charge is 0.336 e. The summed E-state index contributed by atoms with van der Waals surface area (Å²) in [6.07, 6.45) is 0. The summed E-state index contributed by atoms with van der Waals surface area (Å²) in [5, 5.41) is 21.0. The Bertz CT molecular complexity index is 1420. The molecule has 1 N–H and O–H groups in total. The van der Waals surface area contributed by atoms with E-state index < -0.39 is 5.63 Å². The Morgan fingerprint density at radius 1 is 1.07 bits per heavy atom. The lowest BCUT2D eigenvalue weighted by atomic mass is 10.1. The Kier molecular flexibility index (Phi) is 3.84. The van der Waals surface area contributed by atoms with E-state index in [0.717, 1.165) is 38.2 Å². The molecule has 7 heteroatoms. The molecule has 3 heterocycles. The molecule has 6 nitrogen and oxygen atoms in total. The molecule has 0 spiro atoms. The number of thioether (sulfide) groups is 1. The molecule has 0 aliphatic heterocycles. The highest BCUT2D eigenvalue weighted by atomic mass is 32.2. The number of fused-ring (bicyclic) bond motifs is 4. The SMILES string of the molecule is Cc1cc2nnc(SCc3cc(=O)oc4cc(O)ccc34)n2c2ccccc12. The molecule has 0 saturated carbocycles. The van der Waals surface area contributed by atoms with E-state index in [1.165, 1.54) is 23.9 Å². The van der Waals surface area contributed by atoms with Gasteiger partial charge in [0.05, 0.1) is 5.52 Å². The number of benzene rings is 2. The number of pyridine rings is 1. The molecule has 0 unspecified atom stereocenters. The van der Waals surface area contributed by atoms with Crippen molar-refractivity contribution in [3.05, 3.63) is 76.1 Å². The number of rotatable bonds is 3. The highest BCUT2D eigenvalue weighted by molar-refractivity contribution is 7.98. The van der Waals surface area contributed by atoms with E-state index in [4.69, 9.17) is 4.42 Å². The van der Waals surface area contributed by atoms with Crippen molar-refractivity contribution in [1.29, 1.82) is 0 Å². The molecule has 0 amide bonds. The molecule has 0 bridgehead atoms. The first-order valence-corrected chi connectivity index (χ1v) is 9.71. The summed E-state index contributed by atoms with van der Waals surface area (Å²) in [4.78, 5) is 11.9. The zero-order valence-corrected chi connectivity index (χ0v) is 15.7. The molecule has 5 aromatic rings. The molecule has 0 aliphatic carbocycles. The maximum atomic E-state index is 11.9. The van der Waals surface area contributed by atoms with Crippen LogP contribution in [-0.4, -0.2) is 19.7 Å². The third-order valence-electron chi connectivity index (χ3n) is 4.74. The summed E-state index contributed by atoms with van der Waals surface area (Å²) in [6, 6.07) is 16.4. The quantitative estimate of drug-likeness (QED) is 0.366. The molecule has 0 saturated heterocycles. The van der Waals surface area contributed by atoms with E-state index >= 15 is 0 Å². The molecule has 0 fully saturated rings. The first-order valence-electron chi connectivity index (χ1n) is 8.72. The average molecular weight is 389 g/mol. The Balaban J connectivity index is 1.60. The van der Waals surface area contributed by atoms with E-state index in [9.17, 15) is 9.90 Å². The number of hydrogen-bond acceptors (Lipinski definition) is 6. The predicted molar refractivity (Wildman–Crippen MR) is 109 cm³/mol. The summed E-state index contributed by atoms with van der Waals surface area (Å²) < 4.78 is 7.24. The predicted octanol–water partition coefficient (Wildman–Crippen LogP) is 4.30. The fraction of sp³-hybridized carbons (Fsp3) is 0.0952. The van der Waals surface area contributed by atoms with Crippen LogP contribution in [0.4, 0.5) is 0 Å². The van der Waals surface area contributed by atoms with Crippen LogP contribution in [0.1, 0.15) is 11.1 Å². The molecule has 5 rings (SSSR count). The first kappa shape index (κ1) is 16.8. The monoisotopic (exact) mass is 389 g/mol. The third-order valence-corrected chi connectivity index (χ3v) is 5.72. The van der Waals surface area contributed by atoms with Crippen molar-refractivity contribution in [2.75, 3.05) is 0 Å². The third kappa shape index (κ3) is 2.71. The van der Waals surface area contributed by atoms with Gasteiger partial charge in [-0.1, -0.05) is 30.0 Å². The minimum Gasteiger partial charge on any atom is -0.508 e. The normalized spacial score (nSPS) is 11.6. The lowest BCUT2D eigenvalue weighted by molar-refractivity contribution is 0.473. The molecule has 138 valence electrons. The van der Waals surface area contributed by atoms with Gasteiger partial charge in [0.15, 0.2) is 10.8 Å². The summed E-state index contributed by atoms with van der Waals surface area (Å²) >= 11 is 1.50. The van der Waals surface area contributed by atoms with Crippen molar-refractivity contribution in [2.24, 2.45) is 0 Å². The summed E-state index contributed by atoms with van der Waals surface area (Å²) in [7, 11) is 0. The van der Waals surface area contributed by atoms with Crippen LogP contribution >= 0.6 is 11.8 Å². The summed E-state index contributed by atoms with van der Waals surface area (Å²) in [5.74, 6) is 0.585. The van der Waals surface area contributed by atoms with Gasteiger partial charge in [0.25, 0.3) is 0 Å². The Morgan fingerprint density at radius 2 is 1.93 bits per heavy atom. The van der Waals surface area contributed by atoms with Crippen LogP contribution in [0.25, 0.3) is 27.5 Å². The number of aryl methyl sites for hydroxylation is 1. The number of aromatic hydroxyl groups is 1. The minimum atomic E-state index is -0.444. The maximum Gasteiger partial charge on any atom is 0.336 e. The van der Waals surface area contributed by atoms with Crippen molar-refractivity contribution in [1.82, 2.24) is 14.6 Å².